The molecule has 1 saturated carbocycles. The molecule has 1 aliphatic carbocycles. The van der Waals surface area contributed by atoms with Gasteiger partial charge in [-0.15, -0.1) is 0 Å². The third kappa shape index (κ3) is 3.35. The lowest BCUT2D eigenvalue weighted by molar-refractivity contribution is -0.199. The summed E-state index contributed by atoms with van der Waals surface area (Å²) < 4.78 is 38.6. The van der Waals surface area contributed by atoms with Crippen molar-refractivity contribution >= 4 is 0 Å². The van der Waals surface area contributed by atoms with Gasteiger partial charge in [0, 0.05) is 6.04 Å². The molecule has 5 heteroatoms. The number of hydrogen-bond acceptors (Lipinski definition) is 2. The van der Waals surface area contributed by atoms with Crippen LogP contribution in [0, 0.1) is 11.8 Å². The molecule has 1 fully saturated rings. The first-order valence-corrected chi connectivity index (χ1v) is 6.03. The van der Waals surface area contributed by atoms with Crippen LogP contribution in [0.25, 0.3) is 0 Å². The Balaban J connectivity index is 2.72. The smallest absolute Gasteiger partial charge is 0.271 e. The Morgan fingerprint density at radius 2 is 1.94 bits per heavy atom. The van der Waals surface area contributed by atoms with Gasteiger partial charge in [0.2, 0.25) is 0 Å². The van der Waals surface area contributed by atoms with Crippen LogP contribution in [0.4, 0.5) is 13.2 Å². The SMILES string of the molecule is CCCC(NN)C1CCCCC1C(F)(F)F. The van der Waals surface area contributed by atoms with E-state index in [0.717, 1.165) is 12.8 Å². The maximum atomic E-state index is 12.9. The molecule has 1 rings (SSSR count). The Morgan fingerprint density at radius 3 is 2.44 bits per heavy atom. The predicted molar refractivity (Wildman–Crippen MR) is 57.5 cm³/mol. The predicted octanol–water partition coefficient (Wildman–Crippen LogP) is 2.99. The van der Waals surface area contributed by atoms with E-state index >= 15 is 0 Å². The molecule has 96 valence electrons. The van der Waals surface area contributed by atoms with Crippen LogP contribution in [0.3, 0.4) is 0 Å². The molecule has 0 bridgehead atoms. The van der Waals surface area contributed by atoms with Gasteiger partial charge < -0.3 is 0 Å². The van der Waals surface area contributed by atoms with E-state index in [1.807, 2.05) is 6.92 Å². The summed E-state index contributed by atoms with van der Waals surface area (Å²) in [4.78, 5) is 0. The average molecular weight is 238 g/mol. The summed E-state index contributed by atoms with van der Waals surface area (Å²) in [7, 11) is 0. The highest BCUT2D eigenvalue weighted by Gasteiger charge is 2.47. The zero-order valence-corrected chi connectivity index (χ0v) is 9.69. The molecular weight excluding hydrogens is 217 g/mol. The second kappa shape index (κ2) is 5.87. The molecule has 3 N–H and O–H groups in total. The molecule has 0 saturated heterocycles. The van der Waals surface area contributed by atoms with Crippen molar-refractivity contribution in [2.45, 2.75) is 57.7 Å². The maximum absolute atomic E-state index is 12.9. The van der Waals surface area contributed by atoms with Crippen LogP contribution in [0.5, 0.6) is 0 Å². The highest BCUT2D eigenvalue weighted by molar-refractivity contribution is 4.87. The second-order valence-corrected chi connectivity index (χ2v) is 4.66. The first kappa shape index (κ1) is 13.8. The molecule has 0 aliphatic heterocycles. The Bertz CT molecular complexity index is 206. The van der Waals surface area contributed by atoms with Crippen LogP contribution in [0.15, 0.2) is 0 Å². The van der Waals surface area contributed by atoms with Gasteiger partial charge in [0.25, 0.3) is 0 Å². The van der Waals surface area contributed by atoms with Crippen LogP contribution in [-0.4, -0.2) is 12.2 Å². The molecular formula is C11H21F3N2. The van der Waals surface area contributed by atoms with Gasteiger partial charge in [-0.25, -0.2) is 0 Å². The van der Waals surface area contributed by atoms with E-state index in [9.17, 15) is 13.2 Å². The van der Waals surface area contributed by atoms with Crippen molar-refractivity contribution < 1.29 is 13.2 Å². The highest BCUT2D eigenvalue weighted by atomic mass is 19.4. The lowest BCUT2D eigenvalue weighted by Gasteiger charge is -2.37. The van der Waals surface area contributed by atoms with Crippen molar-refractivity contribution in [3.63, 3.8) is 0 Å². The Kier molecular flexibility index (Phi) is 5.05. The molecule has 0 aromatic carbocycles. The monoisotopic (exact) mass is 238 g/mol. The standard InChI is InChI=1S/C11H21F3N2/c1-2-5-10(16-15)8-6-3-4-7-9(8)11(12,13)14/h8-10,16H,2-7,15H2,1H3. The lowest BCUT2D eigenvalue weighted by Crippen LogP contribution is -2.48. The largest absolute Gasteiger partial charge is 0.392 e. The van der Waals surface area contributed by atoms with Crippen LogP contribution < -0.4 is 11.3 Å². The van der Waals surface area contributed by atoms with Crippen molar-refractivity contribution in [3.8, 4) is 0 Å². The number of nitrogens with two attached hydrogens (primary N) is 1. The van der Waals surface area contributed by atoms with Gasteiger partial charge in [0.1, 0.15) is 0 Å². The Hall–Kier alpha value is -0.290. The van der Waals surface area contributed by atoms with E-state index in [-0.39, 0.29) is 18.4 Å². The Labute approximate surface area is 94.7 Å². The summed E-state index contributed by atoms with van der Waals surface area (Å²) >= 11 is 0. The minimum atomic E-state index is -4.08. The van der Waals surface area contributed by atoms with Crippen molar-refractivity contribution in [2.75, 3.05) is 0 Å². The summed E-state index contributed by atoms with van der Waals surface area (Å²) in [6, 6.07) is -0.197. The minimum Gasteiger partial charge on any atom is -0.271 e. The number of alkyl halides is 3. The van der Waals surface area contributed by atoms with Crippen LogP contribution in [-0.2, 0) is 0 Å². The van der Waals surface area contributed by atoms with Gasteiger partial charge in [0.05, 0.1) is 5.92 Å². The molecule has 0 aromatic rings. The van der Waals surface area contributed by atoms with Gasteiger partial charge in [-0.1, -0.05) is 26.2 Å². The van der Waals surface area contributed by atoms with E-state index in [1.54, 1.807) is 0 Å². The van der Waals surface area contributed by atoms with Crippen molar-refractivity contribution in [2.24, 2.45) is 17.7 Å². The number of halogens is 3. The molecule has 2 nitrogen and oxygen atoms in total. The topological polar surface area (TPSA) is 38.0 Å². The number of nitrogens with one attached hydrogen (secondary N) is 1. The molecule has 1 aliphatic rings. The zero-order chi connectivity index (χ0) is 12.2. The highest BCUT2D eigenvalue weighted by Crippen LogP contribution is 2.43. The number of hydrogen-bond donors (Lipinski definition) is 2. The van der Waals surface area contributed by atoms with Gasteiger partial charge >= 0.3 is 6.18 Å². The fourth-order valence-corrected chi connectivity index (χ4v) is 2.78. The Morgan fingerprint density at radius 1 is 1.31 bits per heavy atom. The van der Waals surface area contributed by atoms with Gasteiger partial charge in [-0.05, 0) is 25.2 Å². The number of hydrazine groups is 1. The molecule has 0 radical (unpaired) electrons. The summed E-state index contributed by atoms with van der Waals surface area (Å²) in [5.41, 5.74) is 2.57. The van der Waals surface area contributed by atoms with Gasteiger partial charge in [-0.2, -0.15) is 13.2 Å². The minimum absolute atomic E-state index is 0.197. The van der Waals surface area contributed by atoms with Crippen molar-refractivity contribution in [3.05, 3.63) is 0 Å². The summed E-state index contributed by atoms with van der Waals surface area (Å²) in [5.74, 6) is 3.86. The molecule has 16 heavy (non-hydrogen) atoms. The van der Waals surface area contributed by atoms with E-state index in [2.05, 4.69) is 5.43 Å². The van der Waals surface area contributed by atoms with Crippen LogP contribution >= 0.6 is 0 Å². The van der Waals surface area contributed by atoms with E-state index < -0.39 is 12.1 Å². The molecule has 3 unspecified atom stereocenters. The first-order chi connectivity index (χ1) is 7.50. The fraction of sp³-hybridized carbons (Fsp3) is 1.00. The van der Waals surface area contributed by atoms with Gasteiger partial charge in [0.15, 0.2) is 0 Å². The fourth-order valence-electron chi connectivity index (χ4n) is 2.78. The first-order valence-electron chi connectivity index (χ1n) is 6.03. The number of rotatable bonds is 4. The molecule has 0 aromatic heterocycles. The maximum Gasteiger partial charge on any atom is 0.392 e. The average Bonchev–Trinajstić information content (AvgIpc) is 2.25. The summed E-state index contributed by atoms with van der Waals surface area (Å²) in [5, 5.41) is 0. The molecule has 3 atom stereocenters. The summed E-state index contributed by atoms with van der Waals surface area (Å²) in [6.45, 7) is 1.97. The lowest BCUT2D eigenvalue weighted by atomic mass is 9.74. The zero-order valence-electron chi connectivity index (χ0n) is 9.69. The van der Waals surface area contributed by atoms with E-state index in [1.165, 1.54) is 0 Å². The quantitative estimate of drug-likeness (QED) is 0.583. The van der Waals surface area contributed by atoms with Crippen molar-refractivity contribution in [1.29, 1.82) is 0 Å². The molecule has 0 amide bonds. The molecule has 0 spiro atoms. The normalized spacial score (nSPS) is 29.1. The summed E-state index contributed by atoms with van der Waals surface area (Å²) in [6.07, 6.45) is -0.0318. The second-order valence-electron chi connectivity index (χ2n) is 4.66. The van der Waals surface area contributed by atoms with Crippen LogP contribution in [0.2, 0.25) is 0 Å². The molecule has 0 heterocycles. The third-order valence-corrected chi connectivity index (χ3v) is 3.57. The van der Waals surface area contributed by atoms with Crippen molar-refractivity contribution in [1.82, 2.24) is 5.43 Å². The van der Waals surface area contributed by atoms with E-state index in [4.69, 9.17) is 5.84 Å². The van der Waals surface area contributed by atoms with Gasteiger partial charge in [-0.3, -0.25) is 11.3 Å². The van der Waals surface area contributed by atoms with Crippen LogP contribution in [0.1, 0.15) is 45.4 Å². The third-order valence-electron chi connectivity index (χ3n) is 3.57. The van der Waals surface area contributed by atoms with E-state index in [0.29, 0.717) is 19.3 Å².